The van der Waals surface area contributed by atoms with E-state index in [0.29, 0.717) is 0 Å². The second-order valence-electron chi connectivity index (χ2n) is 1.15. The third-order valence-corrected chi connectivity index (χ3v) is 0.616. The number of hydrogen-bond donors (Lipinski definition) is 1. The summed E-state index contributed by atoms with van der Waals surface area (Å²) in [6.45, 7) is 0. The third-order valence-electron chi connectivity index (χ3n) is 0.616. The van der Waals surface area contributed by atoms with E-state index >= 15 is 0 Å². The van der Waals surface area contributed by atoms with Crippen LogP contribution in [0.25, 0.3) is 0 Å². The second-order valence-corrected chi connectivity index (χ2v) is 1.15. The Morgan fingerprint density at radius 2 is 2.57 bits per heavy atom. The zero-order valence-corrected chi connectivity index (χ0v) is 3.74. The molecule has 0 fully saturated rings. The molecule has 0 amide bonds. The summed E-state index contributed by atoms with van der Waals surface area (Å²) in [5, 5.41) is 0. The molecule has 0 aromatic heterocycles. The van der Waals surface area contributed by atoms with Crippen molar-refractivity contribution in [1.82, 2.24) is 0 Å². The molecular formula is C4H6N2O. The molecule has 0 aromatic rings. The molecule has 0 radical (unpaired) electrons. The second kappa shape index (κ2) is 1.75. The van der Waals surface area contributed by atoms with Crippen LogP contribution < -0.4 is 5.73 Å². The summed E-state index contributed by atoms with van der Waals surface area (Å²) in [6, 6.07) is 0. The fourth-order valence-electron chi connectivity index (χ4n) is 0.331. The molecule has 38 valence electrons. The summed E-state index contributed by atoms with van der Waals surface area (Å²) in [6.07, 6.45) is 4.32. The van der Waals surface area contributed by atoms with Crippen LogP contribution in [0.15, 0.2) is 17.3 Å². The molecule has 0 aliphatic carbocycles. The van der Waals surface area contributed by atoms with Gasteiger partial charge in [-0.1, -0.05) is 0 Å². The first kappa shape index (κ1) is 4.33. The summed E-state index contributed by atoms with van der Waals surface area (Å²) in [7, 11) is 0. The van der Waals surface area contributed by atoms with Crippen LogP contribution >= 0.6 is 0 Å². The van der Waals surface area contributed by atoms with Crippen LogP contribution in [0.4, 0.5) is 0 Å². The molecule has 0 spiro atoms. The van der Waals surface area contributed by atoms with Crippen LogP contribution in [0.3, 0.4) is 0 Å². The number of nitrogens with two attached hydrogens (primary N) is 1. The molecule has 0 bridgehead atoms. The maximum Gasteiger partial charge on any atom is 0.243 e. The lowest BCUT2D eigenvalue weighted by Gasteiger charge is -2.06. The molecule has 1 heterocycles. The molecule has 0 saturated carbocycles. The third kappa shape index (κ3) is 1.01. The maximum absolute atomic E-state index is 5.16. The molecular weight excluding hydrogens is 92.1 g/mol. The number of hydrogen-bond acceptors (Lipinski definition) is 3. The van der Waals surface area contributed by atoms with Crippen molar-refractivity contribution < 1.29 is 4.74 Å². The Labute approximate surface area is 41.5 Å². The molecule has 1 unspecified atom stereocenters. The average molecular weight is 98.1 g/mol. The Morgan fingerprint density at radius 3 is 2.86 bits per heavy atom. The van der Waals surface area contributed by atoms with Crippen LogP contribution in [-0.4, -0.2) is 12.6 Å². The number of rotatable bonds is 0. The van der Waals surface area contributed by atoms with Gasteiger partial charge in [-0.25, -0.2) is 4.99 Å². The summed E-state index contributed by atoms with van der Waals surface area (Å²) >= 11 is 0. The van der Waals surface area contributed by atoms with Crippen molar-refractivity contribution in [1.29, 1.82) is 0 Å². The van der Waals surface area contributed by atoms with Gasteiger partial charge in [0.1, 0.15) is 0 Å². The van der Waals surface area contributed by atoms with Crippen molar-refractivity contribution in [2.75, 3.05) is 0 Å². The monoisotopic (exact) mass is 98.0 g/mol. The minimum absolute atomic E-state index is 0.481. The minimum Gasteiger partial charge on any atom is -0.463 e. The highest BCUT2D eigenvalue weighted by molar-refractivity contribution is 5.71. The first-order valence-electron chi connectivity index (χ1n) is 1.99. The molecule has 1 atom stereocenters. The van der Waals surface area contributed by atoms with Crippen LogP contribution in [0.1, 0.15) is 0 Å². The van der Waals surface area contributed by atoms with E-state index in [1.165, 1.54) is 6.26 Å². The van der Waals surface area contributed by atoms with Gasteiger partial charge in [-0.05, 0) is 6.08 Å². The average Bonchev–Trinajstić information content (AvgIpc) is 1.69. The van der Waals surface area contributed by atoms with Crippen molar-refractivity contribution in [3.8, 4) is 0 Å². The minimum atomic E-state index is -0.481. The first-order valence-corrected chi connectivity index (χ1v) is 1.99. The lowest BCUT2D eigenvalue weighted by molar-refractivity contribution is 0.157. The summed E-state index contributed by atoms with van der Waals surface area (Å²) in [5.41, 5.74) is 5.16. The van der Waals surface area contributed by atoms with Crippen LogP contribution in [0, 0.1) is 0 Å². The highest BCUT2D eigenvalue weighted by atomic mass is 16.5. The van der Waals surface area contributed by atoms with Gasteiger partial charge in [0.2, 0.25) is 6.35 Å². The van der Waals surface area contributed by atoms with Gasteiger partial charge in [0.25, 0.3) is 0 Å². The molecule has 7 heavy (non-hydrogen) atoms. The van der Waals surface area contributed by atoms with E-state index in [1.54, 1.807) is 12.3 Å². The zero-order chi connectivity index (χ0) is 5.11. The molecule has 1 rings (SSSR count). The number of ether oxygens (including phenoxy) is 1. The first-order chi connectivity index (χ1) is 3.39. The van der Waals surface area contributed by atoms with E-state index in [9.17, 15) is 0 Å². The van der Waals surface area contributed by atoms with Crippen molar-refractivity contribution in [3.05, 3.63) is 12.3 Å². The number of allylic oxidation sites excluding steroid dienone is 1. The van der Waals surface area contributed by atoms with Crippen molar-refractivity contribution in [2.45, 2.75) is 6.35 Å². The van der Waals surface area contributed by atoms with Gasteiger partial charge in [0, 0.05) is 6.21 Å². The summed E-state index contributed by atoms with van der Waals surface area (Å²) in [5.74, 6) is 0. The van der Waals surface area contributed by atoms with Gasteiger partial charge < -0.3 is 4.74 Å². The normalized spacial score (nSPS) is 27.3. The van der Waals surface area contributed by atoms with Gasteiger partial charge in [0.15, 0.2) is 0 Å². The summed E-state index contributed by atoms with van der Waals surface area (Å²) < 4.78 is 4.68. The van der Waals surface area contributed by atoms with E-state index in [2.05, 4.69) is 9.73 Å². The van der Waals surface area contributed by atoms with Crippen LogP contribution in [-0.2, 0) is 4.74 Å². The molecule has 1 aliphatic rings. The van der Waals surface area contributed by atoms with Gasteiger partial charge >= 0.3 is 0 Å². The number of nitrogens with zero attached hydrogens (tertiary/aromatic N) is 1. The topological polar surface area (TPSA) is 47.6 Å². The van der Waals surface area contributed by atoms with E-state index in [-0.39, 0.29) is 0 Å². The standard InChI is InChI=1S/C4H6N2O/c5-4-6-2-1-3-7-4/h1-4H,5H2. The molecule has 2 N–H and O–H groups in total. The van der Waals surface area contributed by atoms with Gasteiger partial charge in [0.05, 0.1) is 6.26 Å². The Bertz CT molecular complexity index is 108. The highest BCUT2D eigenvalue weighted by Gasteiger charge is 1.93. The fourth-order valence-corrected chi connectivity index (χ4v) is 0.331. The quantitative estimate of drug-likeness (QED) is 0.457. The van der Waals surface area contributed by atoms with E-state index in [0.717, 1.165) is 0 Å². The number of aliphatic imine (C=N–C) groups is 1. The van der Waals surface area contributed by atoms with Gasteiger partial charge in [-0.3, -0.25) is 5.73 Å². The van der Waals surface area contributed by atoms with E-state index in [4.69, 9.17) is 5.73 Å². The van der Waals surface area contributed by atoms with E-state index in [1.807, 2.05) is 0 Å². The lowest BCUT2D eigenvalue weighted by Crippen LogP contribution is -2.20. The maximum atomic E-state index is 5.16. The van der Waals surface area contributed by atoms with Crippen LogP contribution in [0.5, 0.6) is 0 Å². The zero-order valence-electron chi connectivity index (χ0n) is 3.74. The van der Waals surface area contributed by atoms with Crippen molar-refractivity contribution in [3.63, 3.8) is 0 Å². The Morgan fingerprint density at radius 1 is 1.71 bits per heavy atom. The molecule has 0 saturated heterocycles. The lowest BCUT2D eigenvalue weighted by atomic mass is 10.6. The predicted octanol–water partition coefficient (Wildman–Crippen LogP) is -0.157. The highest BCUT2D eigenvalue weighted by Crippen LogP contribution is 1.89. The predicted molar refractivity (Wildman–Crippen MR) is 26.7 cm³/mol. The molecule has 3 nitrogen and oxygen atoms in total. The van der Waals surface area contributed by atoms with Crippen molar-refractivity contribution in [2.24, 2.45) is 10.7 Å². The Balaban J connectivity index is 2.49. The SMILES string of the molecule is NC1N=CC=CO1. The van der Waals surface area contributed by atoms with E-state index < -0.39 is 6.35 Å². The largest absolute Gasteiger partial charge is 0.463 e. The summed E-state index contributed by atoms with van der Waals surface area (Å²) in [4.78, 5) is 3.67. The van der Waals surface area contributed by atoms with Gasteiger partial charge in [-0.15, -0.1) is 0 Å². The Kier molecular flexibility index (Phi) is 1.08. The smallest absolute Gasteiger partial charge is 0.243 e. The molecule has 1 aliphatic heterocycles. The van der Waals surface area contributed by atoms with Crippen LogP contribution in [0.2, 0.25) is 0 Å². The Hall–Kier alpha value is -0.830. The molecule has 0 aromatic carbocycles. The molecule has 3 heteroatoms. The fraction of sp³-hybridized carbons (Fsp3) is 0.250. The van der Waals surface area contributed by atoms with Crippen molar-refractivity contribution >= 4 is 6.21 Å². The van der Waals surface area contributed by atoms with Gasteiger partial charge in [-0.2, -0.15) is 0 Å².